The summed E-state index contributed by atoms with van der Waals surface area (Å²) in [4.78, 5) is 11.9. The Morgan fingerprint density at radius 2 is 1.54 bits per heavy atom. The van der Waals surface area contributed by atoms with Gasteiger partial charge in [-0.3, -0.25) is 0 Å². The van der Waals surface area contributed by atoms with Crippen molar-refractivity contribution in [2.75, 3.05) is 19.8 Å². The van der Waals surface area contributed by atoms with Gasteiger partial charge in [-0.2, -0.15) is 0 Å². The lowest BCUT2D eigenvalue weighted by atomic mass is 10.1. The molecule has 0 bridgehead atoms. The Labute approximate surface area is 155 Å². The summed E-state index contributed by atoms with van der Waals surface area (Å²) in [5.74, 6) is 1.50. The molecule has 0 radical (unpaired) electrons. The van der Waals surface area contributed by atoms with Crippen LogP contribution in [0.2, 0.25) is 0 Å². The Morgan fingerprint density at radius 1 is 0.885 bits per heavy atom. The van der Waals surface area contributed by atoms with E-state index >= 15 is 0 Å². The predicted molar refractivity (Wildman–Crippen MR) is 104 cm³/mol. The molecular weight excluding hydrogens is 328 g/mol. The molecule has 0 unspecified atom stereocenters. The van der Waals surface area contributed by atoms with E-state index in [1.807, 2.05) is 63.2 Å². The fourth-order valence-corrected chi connectivity index (χ4v) is 2.52. The first-order valence-corrected chi connectivity index (χ1v) is 9.08. The van der Waals surface area contributed by atoms with Gasteiger partial charge in [0.2, 0.25) is 0 Å². The molecule has 26 heavy (non-hydrogen) atoms. The fraction of sp³-hybridized carbons (Fsp3) is 0.381. The van der Waals surface area contributed by atoms with Crippen molar-refractivity contribution in [3.63, 3.8) is 0 Å². The molecule has 0 saturated carbocycles. The van der Waals surface area contributed by atoms with Gasteiger partial charge in [0.1, 0.15) is 0 Å². The van der Waals surface area contributed by atoms with Crippen LogP contribution in [0.1, 0.15) is 30.5 Å². The number of rotatable bonds is 9. The van der Waals surface area contributed by atoms with Gasteiger partial charge in [-0.15, -0.1) is 0 Å². The lowest BCUT2D eigenvalue weighted by Gasteiger charge is -2.13. The van der Waals surface area contributed by atoms with Crippen molar-refractivity contribution >= 4 is 6.03 Å². The Kier molecular flexibility index (Phi) is 7.80. The molecule has 5 heteroatoms. The second-order valence-corrected chi connectivity index (χ2v) is 5.99. The van der Waals surface area contributed by atoms with Gasteiger partial charge in [-0.1, -0.05) is 35.9 Å². The van der Waals surface area contributed by atoms with Gasteiger partial charge in [0.15, 0.2) is 11.5 Å². The molecule has 0 heterocycles. The first-order chi connectivity index (χ1) is 12.6. The lowest BCUT2D eigenvalue weighted by Crippen LogP contribution is -2.36. The molecule has 2 amide bonds. The number of aryl methyl sites for hydroxylation is 1. The maximum absolute atomic E-state index is 11.9. The Balaban J connectivity index is 1.78. The van der Waals surface area contributed by atoms with Crippen molar-refractivity contribution < 1.29 is 14.3 Å². The monoisotopic (exact) mass is 356 g/mol. The van der Waals surface area contributed by atoms with E-state index in [0.717, 1.165) is 29.0 Å². The summed E-state index contributed by atoms with van der Waals surface area (Å²) in [6.45, 7) is 8.20. The normalized spacial score (nSPS) is 10.3. The molecule has 0 fully saturated rings. The number of benzene rings is 2. The molecule has 2 rings (SSSR count). The highest BCUT2D eigenvalue weighted by atomic mass is 16.5. The summed E-state index contributed by atoms with van der Waals surface area (Å²) in [5, 5.41) is 5.75. The number of urea groups is 1. The van der Waals surface area contributed by atoms with Crippen LogP contribution in [-0.4, -0.2) is 25.8 Å². The van der Waals surface area contributed by atoms with Crippen molar-refractivity contribution in [2.24, 2.45) is 0 Å². The number of hydrogen-bond donors (Lipinski definition) is 2. The fourth-order valence-electron chi connectivity index (χ4n) is 2.52. The van der Waals surface area contributed by atoms with Gasteiger partial charge in [0.25, 0.3) is 0 Å². The van der Waals surface area contributed by atoms with E-state index in [1.54, 1.807) is 0 Å². The molecule has 0 aliphatic carbocycles. The third kappa shape index (κ3) is 6.31. The van der Waals surface area contributed by atoms with Crippen LogP contribution in [0.5, 0.6) is 11.5 Å². The highest BCUT2D eigenvalue weighted by Crippen LogP contribution is 2.28. The van der Waals surface area contributed by atoms with E-state index in [2.05, 4.69) is 10.6 Å². The van der Waals surface area contributed by atoms with Crippen molar-refractivity contribution in [3.05, 3.63) is 59.2 Å². The van der Waals surface area contributed by atoms with E-state index < -0.39 is 0 Å². The molecular formula is C21H28N2O3. The molecule has 0 atom stereocenters. The van der Waals surface area contributed by atoms with E-state index in [1.165, 1.54) is 5.56 Å². The average molecular weight is 356 g/mol. The van der Waals surface area contributed by atoms with Crippen molar-refractivity contribution in [1.29, 1.82) is 0 Å². The van der Waals surface area contributed by atoms with Crippen LogP contribution in [0.4, 0.5) is 4.79 Å². The van der Waals surface area contributed by atoms with Crippen LogP contribution in [0.3, 0.4) is 0 Å². The van der Waals surface area contributed by atoms with Gasteiger partial charge < -0.3 is 20.1 Å². The third-order valence-corrected chi connectivity index (χ3v) is 3.88. The van der Waals surface area contributed by atoms with Crippen LogP contribution in [0.15, 0.2) is 42.5 Å². The van der Waals surface area contributed by atoms with Crippen molar-refractivity contribution in [2.45, 2.75) is 33.7 Å². The van der Waals surface area contributed by atoms with Crippen molar-refractivity contribution in [1.82, 2.24) is 10.6 Å². The molecule has 0 saturated heterocycles. The zero-order valence-electron chi connectivity index (χ0n) is 15.8. The molecule has 0 aromatic heterocycles. The molecule has 2 N–H and O–H groups in total. The first-order valence-electron chi connectivity index (χ1n) is 9.08. The third-order valence-electron chi connectivity index (χ3n) is 3.88. The number of carbonyl (C=O) groups excluding carboxylic acids is 1. The second kappa shape index (κ2) is 10.3. The molecule has 140 valence electrons. The number of carbonyl (C=O) groups is 1. The smallest absolute Gasteiger partial charge is 0.315 e. The highest BCUT2D eigenvalue weighted by molar-refractivity contribution is 5.73. The van der Waals surface area contributed by atoms with Gasteiger partial charge in [0.05, 0.1) is 13.2 Å². The van der Waals surface area contributed by atoms with Crippen LogP contribution in [0, 0.1) is 6.92 Å². The number of amides is 2. The maximum Gasteiger partial charge on any atom is 0.315 e. The minimum atomic E-state index is -0.165. The summed E-state index contributed by atoms with van der Waals surface area (Å²) in [6, 6.07) is 13.8. The molecule has 2 aromatic carbocycles. The summed E-state index contributed by atoms with van der Waals surface area (Å²) in [5.41, 5.74) is 3.38. The number of ether oxygens (including phenoxy) is 2. The molecule has 0 spiro atoms. The zero-order valence-corrected chi connectivity index (χ0v) is 15.8. The average Bonchev–Trinajstić information content (AvgIpc) is 2.64. The van der Waals surface area contributed by atoms with Crippen LogP contribution >= 0.6 is 0 Å². The van der Waals surface area contributed by atoms with E-state index in [0.29, 0.717) is 26.3 Å². The van der Waals surface area contributed by atoms with Crippen molar-refractivity contribution in [3.8, 4) is 11.5 Å². The topological polar surface area (TPSA) is 59.6 Å². The summed E-state index contributed by atoms with van der Waals surface area (Å²) in [7, 11) is 0. The van der Waals surface area contributed by atoms with Gasteiger partial charge in [-0.25, -0.2) is 4.79 Å². The van der Waals surface area contributed by atoms with Crippen LogP contribution in [0.25, 0.3) is 0 Å². The van der Waals surface area contributed by atoms with Gasteiger partial charge in [0, 0.05) is 13.1 Å². The molecule has 0 aliphatic heterocycles. The van der Waals surface area contributed by atoms with E-state index in [-0.39, 0.29) is 6.03 Å². The summed E-state index contributed by atoms with van der Waals surface area (Å²) < 4.78 is 11.2. The standard InChI is InChI=1S/C21H28N2O3/c1-4-25-19-11-10-17(14-20(19)26-5-2)12-13-22-21(24)23-15-18-8-6-16(3)7-9-18/h6-11,14H,4-5,12-13,15H2,1-3H3,(H2,22,23,24). The Bertz CT molecular complexity index is 699. The van der Waals surface area contributed by atoms with E-state index in [4.69, 9.17) is 9.47 Å². The Morgan fingerprint density at radius 3 is 2.23 bits per heavy atom. The van der Waals surface area contributed by atoms with Gasteiger partial charge >= 0.3 is 6.03 Å². The number of hydrogen-bond acceptors (Lipinski definition) is 3. The van der Waals surface area contributed by atoms with E-state index in [9.17, 15) is 4.79 Å². The maximum atomic E-state index is 11.9. The highest BCUT2D eigenvalue weighted by Gasteiger charge is 2.07. The van der Waals surface area contributed by atoms with Crippen LogP contribution in [-0.2, 0) is 13.0 Å². The predicted octanol–water partition coefficient (Wildman–Crippen LogP) is 3.83. The first kappa shape index (κ1) is 19.6. The zero-order chi connectivity index (χ0) is 18.8. The lowest BCUT2D eigenvalue weighted by molar-refractivity contribution is 0.240. The van der Waals surface area contributed by atoms with Crippen LogP contribution < -0.4 is 20.1 Å². The van der Waals surface area contributed by atoms with Gasteiger partial charge in [-0.05, 0) is 50.5 Å². The minimum absolute atomic E-state index is 0.165. The summed E-state index contributed by atoms with van der Waals surface area (Å²) >= 11 is 0. The molecule has 2 aromatic rings. The second-order valence-electron chi connectivity index (χ2n) is 5.99. The molecule has 0 aliphatic rings. The summed E-state index contributed by atoms with van der Waals surface area (Å²) in [6.07, 6.45) is 0.727. The largest absolute Gasteiger partial charge is 0.490 e. The quantitative estimate of drug-likeness (QED) is 0.718. The molecule has 5 nitrogen and oxygen atoms in total. The minimum Gasteiger partial charge on any atom is -0.490 e. The Hall–Kier alpha value is -2.69. The number of nitrogens with one attached hydrogen (secondary N) is 2. The SMILES string of the molecule is CCOc1ccc(CCNC(=O)NCc2ccc(C)cc2)cc1OCC.